The van der Waals surface area contributed by atoms with Crippen LogP contribution in [0.3, 0.4) is 0 Å². The standard InChI is InChI=1S/C6H5Cl2N.H3N/c7-6(8)5-3-1-2-4-9-5;/h1-4,6H;1H3. The van der Waals surface area contributed by atoms with E-state index in [0.29, 0.717) is 5.69 Å². The quantitative estimate of drug-likeness (QED) is 0.673. The average molecular weight is 179 g/mol. The first-order chi connectivity index (χ1) is 4.30. The third-order valence-electron chi connectivity index (χ3n) is 0.911. The minimum atomic E-state index is -0.508. The van der Waals surface area contributed by atoms with Crippen molar-refractivity contribution in [3.63, 3.8) is 0 Å². The fraction of sp³-hybridized carbons (Fsp3) is 0.167. The number of alkyl halides is 2. The molecule has 0 aliphatic rings. The van der Waals surface area contributed by atoms with Crippen LogP contribution in [-0.4, -0.2) is 4.98 Å². The van der Waals surface area contributed by atoms with Crippen molar-refractivity contribution in [2.45, 2.75) is 4.84 Å². The monoisotopic (exact) mass is 178 g/mol. The Bertz CT molecular complexity index is 176. The Morgan fingerprint density at radius 1 is 1.30 bits per heavy atom. The fourth-order valence-electron chi connectivity index (χ4n) is 0.505. The summed E-state index contributed by atoms with van der Waals surface area (Å²) in [5.41, 5.74) is 0.695. The van der Waals surface area contributed by atoms with Crippen LogP contribution in [-0.2, 0) is 0 Å². The highest BCUT2D eigenvalue weighted by atomic mass is 35.5. The maximum absolute atomic E-state index is 5.51. The van der Waals surface area contributed by atoms with Crippen molar-refractivity contribution in [2.75, 3.05) is 0 Å². The van der Waals surface area contributed by atoms with E-state index in [4.69, 9.17) is 23.2 Å². The van der Waals surface area contributed by atoms with Crippen LogP contribution >= 0.6 is 23.2 Å². The van der Waals surface area contributed by atoms with Gasteiger partial charge in [-0.2, -0.15) is 0 Å². The van der Waals surface area contributed by atoms with Gasteiger partial charge in [-0.25, -0.2) is 0 Å². The van der Waals surface area contributed by atoms with Crippen molar-refractivity contribution >= 4 is 23.2 Å². The van der Waals surface area contributed by atoms with Gasteiger partial charge in [0.2, 0.25) is 0 Å². The van der Waals surface area contributed by atoms with Crippen LogP contribution in [0.2, 0.25) is 0 Å². The molecule has 0 unspecified atom stereocenters. The summed E-state index contributed by atoms with van der Waals surface area (Å²) in [6.45, 7) is 0. The van der Waals surface area contributed by atoms with Crippen molar-refractivity contribution in [1.29, 1.82) is 0 Å². The van der Waals surface area contributed by atoms with E-state index in [1.807, 2.05) is 12.1 Å². The zero-order chi connectivity index (χ0) is 6.69. The number of hydrogen-bond acceptors (Lipinski definition) is 2. The van der Waals surface area contributed by atoms with Crippen LogP contribution in [0.5, 0.6) is 0 Å². The van der Waals surface area contributed by atoms with E-state index in [0.717, 1.165) is 0 Å². The highest BCUT2D eigenvalue weighted by Crippen LogP contribution is 2.21. The van der Waals surface area contributed by atoms with E-state index in [1.165, 1.54) is 0 Å². The Morgan fingerprint density at radius 2 is 2.00 bits per heavy atom. The fourth-order valence-corrected chi connectivity index (χ4v) is 0.763. The minimum Gasteiger partial charge on any atom is -0.344 e. The van der Waals surface area contributed by atoms with Gasteiger partial charge in [-0.1, -0.05) is 29.3 Å². The van der Waals surface area contributed by atoms with Crippen LogP contribution in [0.15, 0.2) is 24.4 Å². The summed E-state index contributed by atoms with van der Waals surface area (Å²) in [5.74, 6) is 0. The summed E-state index contributed by atoms with van der Waals surface area (Å²) < 4.78 is 0. The van der Waals surface area contributed by atoms with Gasteiger partial charge < -0.3 is 6.15 Å². The molecule has 0 aromatic carbocycles. The lowest BCUT2D eigenvalue weighted by Gasteiger charge is -1.95. The summed E-state index contributed by atoms with van der Waals surface area (Å²) in [5, 5.41) is 0. The molecule has 0 fully saturated rings. The molecule has 0 radical (unpaired) electrons. The zero-order valence-electron chi connectivity index (χ0n) is 5.30. The molecule has 1 rings (SSSR count). The summed E-state index contributed by atoms with van der Waals surface area (Å²) in [6, 6.07) is 5.45. The summed E-state index contributed by atoms with van der Waals surface area (Å²) >= 11 is 11.0. The average Bonchev–Trinajstić information content (AvgIpc) is 1.90. The highest BCUT2D eigenvalue weighted by Gasteiger charge is 2.00. The van der Waals surface area contributed by atoms with Crippen molar-refractivity contribution in [3.05, 3.63) is 30.1 Å². The molecule has 4 heteroatoms. The lowest BCUT2D eigenvalue weighted by molar-refractivity contribution is 1.15. The van der Waals surface area contributed by atoms with Crippen molar-refractivity contribution in [2.24, 2.45) is 0 Å². The largest absolute Gasteiger partial charge is 0.344 e. The molecule has 0 atom stereocenters. The molecule has 0 bridgehead atoms. The molecular weight excluding hydrogens is 171 g/mol. The topological polar surface area (TPSA) is 47.9 Å². The van der Waals surface area contributed by atoms with Gasteiger partial charge in [-0.05, 0) is 12.1 Å². The van der Waals surface area contributed by atoms with Crippen molar-refractivity contribution < 1.29 is 0 Å². The van der Waals surface area contributed by atoms with Gasteiger partial charge in [0.1, 0.15) is 4.84 Å². The van der Waals surface area contributed by atoms with Gasteiger partial charge in [-0.3, -0.25) is 4.98 Å². The summed E-state index contributed by atoms with van der Waals surface area (Å²) in [7, 11) is 0. The smallest absolute Gasteiger partial charge is 0.149 e. The van der Waals surface area contributed by atoms with Crippen LogP contribution in [0.4, 0.5) is 0 Å². The lowest BCUT2D eigenvalue weighted by Crippen LogP contribution is -1.83. The lowest BCUT2D eigenvalue weighted by atomic mass is 10.4. The Kier molecular flexibility index (Phi) is 4.36. The molecular formula is C6H8Cl2N2. The number of hydrogen-bond donors (Lipinski definition) is 1. The maximum atomic E-state index is 5.51. The molecule has 1 aromatic heterocycles. The van der Waals surface area contributed by atoms with E-state index in [-0.39, 0.29) is 6.15 Å². The predicted octanol–water partition coefficient (Wildman–Crippen LogP) is 2.72. The molecule has 0 spiro atoms. The first-order valence-corrected chi connectivity index (χ1v) is 3.37. The first-order valence-electron chi connectivity index (χ1n) is 2.50. The second-order valence-electron chi connectivity index (χ2n) is 1.56. The van der Waals surface area contributed by atoms with Crippen LogP contribution in [0.1, 0.15) is 10.5 Å². The normalized spacial score (nSPS) is 9.10. The van der Waals surface area contributed by atoms with Gasteiger partial charge in [-0.15, -0.1) is 0 Å². The van der Waals surface area contributed by atoms with Crippen LogP contribution < -0.4 is 6.15 Å². The second kappa shape index (κ2) is 4.50. The molecule has 0 amide bonds. The summed E-state index contributed by atoms with van der Waals surface area (Å²) in [6.07, 6.45) is 1.66. The van der Waals surface area contributed by atoms with Gasteiger partial charge in [0.15, 0.2) is 0 Å². The molecule has 10 heavy (non-hydrogen) atoms. The van der Waals surface area contributed by atoms with Crippen LogP contribution in [0, 0.1) is 0 Å². The van der Waals surface area contributed by atoms with Crippen LogP contribution in [0.25, 0.3) is 0 Å². The van der Waals surface area contributed by atoms with E-state index in [1.54, 1.807) is 12.3 Å². The minimum absolute atomic E-state index is 0. The molecule has 3 N–H and O–H groups in total. The Balaban J connectivity index is 0.000000810. The molecule has 0 aliphatic carbocycles. The van der Waals surface area contributed by atoms with E-state index in [9.17, 15) is 0 Å². The Hall–Kier alpha value is -0.310. The molecule has 1 aromatic rings. The molecule has 1 heterocycles. The number of aromatic nitrogens is 1. The number of rotatable bonds is 1. The highest BCUT2D eigenvalue weighted by molar-refractivity contribution is 6.43. The van der Waals surface area contributed by atoms with Gasteiger partial charge in [0.25, 0.3) is 0 Å². The molecule has 0 aliphatic heterocycles. The van der Waals surface area contributed by atoms with Crippen molar-refractivity contribution in [3.8, 4) is 0 Å². The molecule has 56 valence electrons. The van der Waals surface area contributed by atoms with E-state index < -0.39 is 4.84 Å². The Morgan fingerprint density at radius 3 is 2.30 bits per heavy atom. The number of nitrogens with zero attached hydrogens (tertiary/aromatic N) is 1. The Labute approximate surface area is 69.8 Å². The second-order valence-corrected chi connectivity index (χ2v) is 2.65. The maximum Gasteiger partial charge on any atom is 0.149 e. The van der Waals surface area contributed by atoms with E-state index in [2.05, 4.69) is 4.98 Å². The number of halogens is 2. The zero-order valence-corrected chi connectivity index (χ0v) is 6.81. The third-order valence-corrected chi connectivity index (χ3v) is 1.36. The molecule has 0 saturated heterocycles. The van der Waals surface area contributed by atoms with E-state index >= 15 is 0 Å². The number of pyridine rings is 1. The third kappa shape index (κ3) is 2.52. The van der Waals surface area contributed by atoms with Gasteiger partial charge in [0.05, 0.1) is 5.69 Å². The first kappa shape index (κ1) is 9.69. The predicted molar refractivity (Wildman–Crippen MR) is 43.7 cm³/mol. The molecule has 0 saturated carbocycles. The van der Waals surface area contributed by atoms with Gasteiger partial charge >= 0.3 is 0 Å². The van der Waals surface area contributed by atoms with Gasteiger partial charge in [0, 0.05) is 6.20 Å². The SMILES string of the molecule is ClC(Cl)c1ccccn1.N. The summed E-state index contributed by atoms with van der Waals surface area (Å²) in [4.78, 5) is 3.41. The molecule has 2 nitrogen and oxygen atoms in total. The van der Waals surface area contributed by atoms with Crippen molar-refractivity contribution in [1.82, 2.24) is 11.1 Å².